The fourth-order valence-corrected chi connectivity index (χ4v) is 2.20. The van der Waals surface area contributed by atoms with Crippen molar-refractivity contribution in [3.63, 3.8) is 0 Å². The molecule has 0 saturated heterocycles. The molecule has 1 aromatic carbocycles. The fourth-order valence-electron chi connectivity index (χ4n) is 1.78. The molecule has 2 rings (SSSR count). The zero-order valence-electron chi connectivity index (χ0n) is 11.0. The highest BCUT2D eigenvalue weighted by Gasteiger charge is 2.09. The van der Waals surface area contributed by atoms with E-state index in [0.29, 0.717) is 18.2 Å². The first-order valence-corrected chi connectivity index (χ1v) is 6.97. The number of aromatic nitrogens is 2. The van der Waals surface area contributed by atoms with Gasteiger partial charge in [0.15, 0.2) is 0 Å². The van der Waals surface area contributed by atoms with Gasteiger partial charge in [0.05, 0.1) is 0 Å². The zero-order chi connectivity index (χ0) is 13.8. The lowest BCUT2D eigenvalue weighted by atomic mass is 10.1. The summed E-state index contributed by atoms with van der Waals surface area (Å²) in [5, 5.41) is 0. The molecule has 1 aromatic heterocycles. The molecule has 0 aliphatic heterocycles. The highest BCUT2D eigenvalue weighted by Crippen LogP contribution is 2.20. The number of halogens is 1. The van der Waals surface area contributed by atoms with E-state index in [1.807, 2.05) is 24.3 Å². The summed E-state index contributed by atoms with van der Waals surface area (Å²) in [6.45, 7) is 4.20. The Balaban J connectivity index is 2.34. The summed E-state index contributed by atoms with van der Waals surface area (Å²) in [6.07, 6.45) is 0.677. The van der Waals surface area contributed by atoms with Gasteiger partial charge in [0.1, 0.15) is 11.6 Å². The smallest absolute Gasteiger partial charge is 0.143 e. The largest absolute Gasteiger partial charge is 0.308 e. The molecule has 0 saturated carbocycles. The molecule has 0 unspecified atom stereocenters. The van der Waals surface area contributed by atoms with Crippen molar-refractivity contribution in [2.45, 2.75) is 26.2 Å². The molecule has 0 spiro atoms. The van der Waals surface area contributed by atoms with E-state index in [0.717, 1.165) is 21.6 Å². The maximum absolute atomic E-state index is 5.46. The average molecular weight is 321 g/mol. The fraction of sp³-hybridized carbons (Fsp3) is 0.286. The van der Waals surface area contributed by atoms with Crippen LogP contribution >= 0.6 is 15.9 Å². The Morgan fingerprint density at radius 2 is 2.00 bits per heavy atom. The number of nitrogens with two attached hydrogens (primary N) is 1. The van der Waals surface area contributed by atoms with Crippen molar-refractivity contribution >= 4 is 21.7 Å². The van der Waals surface area contributed by atoms with E-state index in [1.54, 1.807) is 0 Å². The van der Waals surface area contributed by atoms with Crippen LogP contribution in [0.25, 0.3) is 0 Å². The third-order valence-corrected chi connectivity index (χ3v) is 3.61. The maximum Gasteiger partial charge on any atom is 0.143 e. The topological polar surface area (TPSA) is 63.8 Å². The van der Waals surface area contributed by atoms with Gasteiger partial charge in [0.25, 0.3) is 0 Å². The lowest BCUT2D eigenvalue weighted by Crippen LogP contribution is -2.12. The van der Waals surface area contributed by atoms with Gasteiger partial charge in [-0.1, -0.05) is 48.0 Å². The highest BCUT2D eigenvalue weighted by molar-refractivity contribution is 9.10. The molecule has 5 heteroatoms. The standard InChI is InChI=1S/C14H17BrN4/c1-9(2)12-8-14(19-16)18-13(17-12)7-10-5-3-4-6-11(10)15/h3-6,8-9H,7,16H2,1-2H3,(H,17,18,19). The molecule has 1 heterocycles. The minimum atomic E-state index is 0.341. The zero-order valence-corrected chi connectivity index (χ0v) is 12.6. The van der Waals surface area contributed by atoms with E-state index in [2.05, 4.69) is 51.2 Å². The van der Waals surface area contributed by atoms with Crippen molar-refractivity contribution in [3.05, 3.63) is 51.9 Å². The first kappa shape index (κ1) is 14.0. The van der Waals surface area contributed by atoms with E-state index in [1.165, 1.54) is 0 Å². The van der Waals surface area contributed by atoms with Crippen LogP contribution in [0, 0.1) is 0 Å². The second-order valence-electron chi connectivity index (χ2n) is 4.66. The Morgan fingerprint density at radius 3 is 2.63 bits per heavy atom. The van der Waals surface area contributed by atoms with Crippen LogP contribution in [-0.2, 0) is 6.42 Å². The molecule has 0 fully saturated rings. The SMILES string of the molecule is CC(C)c1cc(NN)nc(Cc2ccccc2Br)n1. The van der Waals surface area contributed by atoms with Crippen LogP contribution in [-0.4, -0.2) is 9.97 Å². The normalized spacial score (nSPS) is 10.8. The Hall–Kier alpha value is -1.46. The van der Waals surface area contributed by atoms with Gasteiger partial charge in [-0.25, -0.2) is 15.8 Å². The molecule has 0 atom stereocenters. The van der Waals surface area contributed by atoms with Crippen LogP contribution in [0.15, 0.2) is 34.8 Å². The monoisotopic (exact) mass is 320 g/mol. The van der Waals surface area contributed by atoms with E-state index in [4.69, 9.17) is 5.84 Å². The molecule has 0 radical (unpaired) electrons. The predicted octanol–water partition coefficient (Wildman–Crippen LogP) is 3.24. The molecule has 0 aliphatic carbocycles. The van der Waals surface area contributed by atoms with Crippen molar-refractivity contribution in [2.24, 2.45) is 5.84 Å². The van der Waals surface area contributed by atoms with Gasteiger partial charge in [-0.15, -0.1) is 0 Å². The van der Waals surface area contributed by atoms with Gasteiger partial charge in [-0.2, -0.15) is 0 Å². The number of rotatable bonds is 4. The van der Waals surface area contributed by atoms with E-state index >= 15 is 0 Å². The molecule has 19 heavy (non-hydrogen) atoms. The van der Waals surface area contributed by atoms with E-state index in [9.17, 15) is 0 Å². The molecule has 100 valence electrons. The third-order valence-electron chi connectivity index (χ3n) is 2.84. The van der Waals surface area contributed by atoms with Crippen LogP contribution in [0.3, 0.4) is 0 Å². The molecular weight excluding hydrogens is 304 g/mol. The Bertz CT molecular complexity index is 569. The maximum atomic E-state index is 5.46. The minimum Gasteiger partial charge on any atom is -0.308 e. The van der Waals surface area contributed by atoms with Crippen molar-refractivity contribution in [2.75, 3.05) is 5.43 Å². The number of nitrogens with zero attached hydrogens (tertiary/aromatic N) is 2. The van der Waals surface area contributed by atoms with Gasteiger partial charge in [0, 0.05) is 22.7 Å². The summed E-state index contributed by atoms with van der Waals surface area (Å²) in [4.78, 5) is 8.99. The summed E-state index contributed by atoms with van der Waals surface area (Å²) in [5.74, 6) is 7.23. The average Bonchev–Trinajstić information content (AvgIpc) is 2.41. The lowest BCUT2D eigenvalue weighted by molar-refractivity contribution is 0.792. The quantitative estimate of drug-likeness (QED) is 0.670. The Kier molecular flexibility index (Phi) is 4.50. The van der Waals surface area contributed by atoms with E-state index < -0.39 is 0 Å². The Morgan fingerprint density at radius 1 is 1.26 bits per heavy atom. The van der Waals surface area contributed by atoms with Gasteiger partial charge in [-0.3, -0.25) is 0 Å². The summed E-state index contributed by atoms with van der Waals surface area (Å²) in [6, 6.07) is 9.96. The van der Waals surface area contributed by atoms with Gasteiger partial charge in [0.2, 0.25) is 0 Å². The lowest BCUT2D eigenvalue weighted by Gasteiger charge is -2.10. The number of benzene rings is 1. The second kappa shape index (κ2) is 6.12. The van der Waals surface area contributed by atoms with Crippen molar-refractivity contribution in [1.29, 1.82) is 0 Å². The minimum absolute atomic E-state index is 0.341. The highest BCUT2D eigenvalue weighted by atomic mass is 79.9. The van der Waals surface area contributed by atoms with Crippen LogP contribution in [0.2, 0.25) is 0 Å². The molecule has 0 amide bonds. The molecule has 3 N–H and O–H groups in total. The summed E-state index contributed by atoms with van der Waals surface area (Å²) in [5.41, 5.74) is 4.75. The third kappa shape index (κ3) is 3.52. The van der Waals surface area contributed by atoms with Gasteiger partial charge >= 0.3 is 0 Å². The number of nitrogens with one attached hydrogen (secondary N) is 1. The number of hydrogen-bond donors (Lipinski definition) is 2. The van der Waals surface area contributed by atoms with Gasteiger partial charge in [-0.05, 0) is 17.5 Å². The predicted molar refractivity (Wildman–Crippen MR) is 80.9 cm³/mol. The summed E-state index contributed by atoms with van der Waals surface area (Å²) in [7, 11) is 0. The van der Waals surface area contributed by atoms with Crippen LogP contribution in [0.4, 0.5) is 5.82 Å². The summed E-state index contributed by atoms with van der Waals surface area (Å²) >= 11 is 3.54. The van der Waals surface area contributed by atoms with Crippen molar-refractivity contribution < 1.29 is 0 Å². The van der Waals surface area contributed by atoms with Crippen LogP contribution < -0.4 is 11.3 Å². The van der Waals surface area contributed by atoms with Crippen LogP contribution in [0.5, 0.6) is 0 Å². The number of nitrogen functional groups attached to an aromatic ring is 1. The first-order chi connectivity index (χ1) is 9.10. The van der Waals surface area contributed by atoms with Crippen LogP contribution in [0.1, 0.15) is 36.8 Å². The number of hydrazine groups is 1. The second-order valence-corrected chi connectivity index (χ2v) is 5.52. The van der Waals surface area contributed by atoms with E-state index in [-0.39, 0.29) is 0 Å². The molecule has 0 aliphatic rings. The van der Waals surface area contributed by atoms with Crippen molar-refractivity contribution in [1.82, 2.24) is 9.97 Å². The summed E-state index contributed by atoms with van der Waals surface area (Å²) < 4.78 is 1.07. The molecule has 2 aromatic rings. The number of anilines is 1. The van der Waals surface area contributed by atoms with Gasteiger partial charge < -0.3 is 5.43 Å². The number of hydrogen-bond acceptors (Lipinski definition) is 4. The van der Waals surface area contributed by atoms with Crippen molar-refractivity contribution in [3.8, 4) is 0 Å². The first-order valence-electron chi connectivity index (χ1n) is 6.18. The Labute approximate surface area is 121 Å². The molecule has 0 bridgehead atoms. The molecular formula is C14H17BrN4. The molecule has 4 nitrogen and oxygen atoms in total.